The van der Waals surface area contributed by atoms with E-state index in [1.807, 2.05) is 12.1 Å². The normalized spacial score (nSPS) is 11.1. The van der Waals surface area contributed by atoms with Crippen molar-refractivity contribution in [2.75, 3.05) is 13.6 Å². The maximum atomic E-state index is 10.7. The number of hydrogen-bond acceptors (Lipinski definition) is 2. The summed E-state index contributed by atoms with van der Waals surface area (Å²) in [4.78, 5) is 13.0. The van der Waals surface area contributed by atoms with E-state index in [9.17, 15) is 4.79 Å². The molecular formula is C14H21NO2. The van der Waals surface area contributed by atoms with E-state index in [1.165, 1.54) is 5.56 Å². The van der Waals surface area contributed by atoms with Gasteiger partial charge in [-0.25, -0.2) is 4.79 Å². The molecule has 0 aliphatic rings. The summed E-state index contributed by atoms with van der Waals surface area (Å²) in [6, 6.07) is 7.72. The highest BCUT2D eigenvalue weighted by Crippen LogP contribution is 2.07. The molecule has 0 unspecified atom stereocenters. The number of rotatable bonds is 6. The molecule has 0 aromatic heterocycles. The molecule has 1 aromatic carbocycles. The molecule has 0 spiro atoms. The van der Waals surface area contributed by atoms with Crippen LogP contribution in [-0.2, 0) is 6.42 Å². The van der Waals surface area contributed by atoms with Crippen molar-refractivity contribution in [2.24, 2.45) is 0 Å². The van der Waals surface area contributed by atoms with Crippen LogP contribution < -0.4 is 0 Å². The summed E-state index contributed by atoms with van der Waals surface area (Å²) in [5.74, 6) is -0.865. The SMILES string of the molecule is CC(C)N(C)CCCc1ccc(C(=O)O)cc1. The van der Waals surface area contributed by atoms with Crippen LogP contribution in [0.15, 0.2) is 24.3 Å². The summed E-state index contributed by atoms with van der Waals surface area (Å²) < 4.78 is 0. The van der Waals surface area contributed by atoms with Crippen LogP contribution in [0.5, 0.6) is 0 Å². The van der Waals surface area contributed by atoms with E-state index in [0.717, 1.165) is 19.4 Å². The molecule has 0 heterocycles. The first-order valence-corrected chi connectivity index (χ1v) is 6.03. The smallest absolute Gasteiger partial charge is 0.335 e. The Bertz CT molecular complexity index is 357. The minimum absolute atomic E-state index is 0.355. The molecule has 0 aliphatic carbocycles. The number of carboxylic acid groups (broad SMARTS) is 1. The van der Waals surface area contributed by atoms with E-state index in [2.05, 4.69) is 25.8 Å². The first kappa shape index (κ1) is 13.7. The van der Waals surface area contributed by atoms with Crippen LogP contribution in [0.1, 0.15) is 36.2 Å². The topological polar surface area (TPSA) is 40.5 Å². The van der Waals surface area contributed by atoms with Gasteiger partial charge >= 0.3 is 5.97 Å². The first-order valence-electron chi connectivity index (χ1n) is 6.03. The molecule has 3 heteroatoms. The number of benzene rings is 1. The zero-order valence-electron chi connectivity index (χ0n) is 10.8. The van der Waals surface area contributed by atoms with Crippen LogP contribution in [0.4, 0.5) is 0 Å². The molecule has 94 valence electrons. The van der Waals surface area contributed by atoms with Crippen molar-refractivity contribution < 1.29 is 9.90 Å². The van der Waals surface area contributed by atoms with Crippen molar-refractivity contribution in [1.29, 1.82) is 0 Å². The minimum atomic E-state index is -0.865. The summed E-state index contributed by atoms with van der Waals surface area (Å²) in [5, 5.41) is 8.78. The maximum absolute atomic E-state index is 10.7. The minimum Gasteiger partial charge on any atom is -0.478 e. The molecule has 0 amide bonds. The average Bonchev–Trinajstić information content (AvgIpc) is 2.29. The van der Waals surface area contributed by atoms with Crippen LogP contribution in [0.2, 0.25) is 0 Å². The molecule has 1 rings (SSSR count). The molecule has 3 nitrogen and oxygen atoms in total. The number of hydrogen-bond donors (Lipinski definition) is 1. The lowest BCUT2D eigenvalue weighted by atomic mass is 10.1. The Morgan fingerprint density at radius 1 is 1.29 bits per heavy atom. The Morgan fingerprint density at radius 3 is 2.35 bits per heavy atom. The number of carboxylic acids is 1. The van der Waals surface area contributed by atoms with E-state index < -0.39 is 5.97 Å². The van der Waals surface area contributed by atoms with Gasteiger partial charge in [-0.05, 0) is 58.0 Å². The highest BCUT2D eigenvalue weighted by molar-refractivity contribution is 5.87. The number of aryl methyl sites for hydroxylation is 1. The average molecular weight is 235 g/mol. The summed E-state index contributed by atoms with van der Waals surface area (Å²) >= 11 is 0. The van der Waals surface area contributed by atoms with E-state index in [4.69, 9.17) is 5.11 Å². The zero-order valence-corrected chi connectivity index (χ0v) is 10.8. The van der Waals surface area contributed by atoms with Gasteiger partial charge in [0.15, 0.2) is 0 Å². The Kier molecular flexibility index (Phi) is 5.16. The molecule has 0 saturated carbocycles. The third-order valence-electron chi connectivity index (χ3n) is 3.06. The Morgan fingerprint density at radius 2 is 1.88 bits per heavy atom. The van der Waals surface area contributed by atoms with Gasteiger partial charge in [0, 0.05) is 6.04 Å². The van der Waals surface area contributed by atoms with Gasteiger partial charge in [-0.3, -0.25) is 0 Å². The fourth-order valence-electron chi connectivity index (χ4n) is 1.60. The quantitative estimate of drug-likeness (QED) is 0.824. The summed E-state index contributed by atoms with van der Waals surface area (Å²) in [6.45, 7) is 5.43. The lowest BCUT2D eigenvalue weighted by Crippen LogP contribution is -2.27. The fraction of sp³-hybridized carbons (Fsp3) is 0.500. The highest BCUT2D eigenvalue weighted by atomic mass is 16.4. The monoisotopic (exact) mass is 235 g/mol. The predicted octanol–water partition coefficient (Wildman–Crippen LogP) is 2.66. The fourth-order valence-corrected chi connectivity index (χ4v) is 1.60. The molecule has 1 N–H and O–H groups in total. The second-order valence-electron chi connectivity index (χ2n) is 4.68. The van der Waals surface area contributed by atoms with E-state index in [1.54, 1.807) is 12.1 Å². The number of aromatic carboxylic acids is 1. The molecule has 0 saturated heterocycles. The first-order chi connectivity index (χ1) is 8.00. The van der Waals surface area contributed by atoms with Crippen LogP contribution in [0.25, 0.3) is 0 Å². The Balaban J connectivity index is 2.40. The van der Waals surface area contributed by atoms with Crippen LogP contribution in [-0.4, -0.2) is 35.6 Å². The predicted molar refractivity (Wildman–Crippen MR) is 69.5 cm³/mol. The second-order valence-corrected chi connectivity index (χ2v) is 4.68. The zero-order chi connectivity index (χ0) is 12.8. The van der Waals surface area contributed by atoms with Crippen LogP contribution in [0, 0.1) is 0 Å². The van der Waals surface area contributed by atoms with Gasteiger partial charge < -0.3 is 10.0 Å². The van der Waals surface area contributed by atoms with E-state index in [0.29, 0.717) is 11.6 Å². The molecule has 1 aromatic rings. The maximum Gasteiger partial charge on any atom is 0.335 e. The summed E-state index contributed by atoms with van der Waals surface area (Å²) in [5.41, 5.74) is 1.56. The molecule has 0 bridgehead atoms. The van der Waals surface area contributed by atoms with Gasteiger partial charge in [0.25, 0.3) is 0 Å². The van der Waals surface area contributed by atoms with Gasteiger partial charge in [0.05, 0.1) is 5.56 Å². The van der Waals surface area contributed by atoms with Crippen LogP contribution in [0.3, 0.4) is 0 Å². The molecule has 0 fully saturated rings. The Hall–Kier alpha value is -1.35. The summed E-state index contributed by atoms with van der Waals surface area (Å²) in [6.07, 6.45) is 2.10. The van der Waals surface area contributed by atoms with Crippen molar-refractivity contribution in [1.82, 2.24) is 4.90 Å². The Labute approximate surface area is 103 Å². The van der Waals surface area contributed by atoms with E-state index >= 15 is 0 Å². The number of carbonyl (C=O) groups is 1. The van der Waals surface area contributed by atoms with Crippen molar-refractivity contribution in [3.63, 3.8) is 0 Å². The molecular weight excluding hydrogens is 214 g/mol. The van der Waals surface area contributed by atoms with Crippen LogP contribution >= 0.6 is 0 Å². The third kappa shape index (κ3) is 4.57. The van der Waals surface area contributed by atoms with Gasteiger partial charge in [-0.1, -0.05) is 12.1 Å². The summed E-state index contributed by atoms with van der Waals surface area (Å²) in [7, 11) is 2.12. The highest BCUT2D eigenvalue weighted by Gasteiger charge is 2.04. The molecule has 17 heavy (non-hydrogen) atoms. The van der Waals surface area contributed by atoms with Gasteiger partial charge in [0.2, 0.25) is 0 Å². The standard InChI is InChI=1S/C14H21NO2/c1-11(2)15(3)10-4-5-12-6-8-13(9-7-12)14(16)17/h6-9,11H,4-5,10H2,1-3H3,(H,16,17). The van der Waals surface area contributed by atoms with Crippen molar-refractivity contribution >= 4 is 5.97 Å². The van der Waals surface area contributed by atoms with E-state index in [-0.39, 0.29) is 0 Å². The number of nitrogens with zero attached hydrogens (tertiary/aromatic N) is 1. The molecule has 0 atom stereocenters. The third-order valence-corrected chi connectivity index (χ3v) is 3.06. The van der Waals surface area contributed by atoms with Gasteiger partial charge in [-0.15, -0.1) is 0 Å². The van der Waals surface area contributed by atoms with Gasteiger partial charge in [0.1, 0.15) is 0 Å². The van der Waals surface area contributed by atoms with Gasteiger partial charge in [-0.2, -0.15) is 0 Å². The molecule has 0 aliphatic heterocycles. The largest absolute Gasteiger partial charge is 0.478 e. The van der Waals surface area contributed by atoms with Crippen molar-refractivity contribution in [2.45, 2.75) is 32.7 Å². The molecule has 0 radical (unpaired) electrons. The lowest BCUT2D eigenvalue weighted by Gasteiger charge is -2.20. The lowest BCUT2D eigenvalue weighted by molar-refractivity contribution is 0.0697. The van der Waals surface area contributed by atoms with Crippen molar-refractivity contribution in [3.8, 4) is 0 Å². The second kappa shape index (κ2) is 6.40. The van der Waals surface area contributed by atoms with Crippen molar-refractivity contribution in [3.05, 3.63) is 35.4 Å².